The summed E-state index contributed by atoms with van der Waals surface area (Å²) < 4.78 is 80.6. The fourth-order valence-electron chi connectivity index (χ4n) is 2.63. The molecule has 1 fully saturated rings. The van der Waals surface area contributed by atoms with Gasteiger partial charge in [0.05, 0.1) is 5.56 Å². The van der Waals surface area contributed by atoms with Gasteiger partial charge in [0.1, 0.15) is 11.9 Å². The van der Waals surface area contributed by atoms with E-state index in [9.17, 15) is 26.3 Å². The van der Waals surface area contributed by atoms with Crippen LogP contribution < -0.4 is 9.64 Å². The molecular formula is C15H14F6N4O. The highest BCUT2D eigenvalue weighted by atomic mass is 19.4. The predicted octanol–water partition coefficient (Wildman–Crippen LogP) is 3.89. The van der Waals surface area contributed by atoms with Crippen molar-refractivity contribution in [3.63, 3.8) is 0 Å². The molecule has 3 rings (SSSR count). The van der Waals surface area contributed by atoms with Crippen LogP contribution >= 0.6 is 0 Å². The van der Waals surface area contributed by atoms with Gasteiger partial charge in [-0.1, -0.05) is 0 Å². The van der Waals surface area contributed by atoms with E-state index < -0.39 is 23.6 Å². The van der Waals surface area contributed by atoms with Crippen molar-refractivity contribution in [2.45, 2.75) is 31.3 Å². The van der Waals surface area contributed by atoms with Gasteiger partial charge in [-0.3, -0.25) is 0 Å². The Labute approximate surface area is 144 Å². The second-order valence-electron chi connectivity index (χ2n) is 5.82. The van der Waals surface area contributed by atoms with Crippen molar-refractivity contribution < 1.29 is 31.1 Å². The van der Waals surface area contributed by atoms with Crippen LogP contribution in [-0.2, 0) is 12.4 Å². The average molecular weight is 380 g/mol. The zero-order chi connectivity index (χ0) is 18.9. The zero-order valence-corrected chi connectivity index (χ0v) is 13.2. The SMILES string of the molecule is FC(F)(F)c1ccc(N2CCC(Oc3cc(C(F)(F)F)n[nH]3)CC2)nc1. The van der Waals surface area contributed by atoms with Crippen LogP contribution in [0.5, 0.6) is 5.88 Å². The number of anilines is 1. The maximum Gasteiger partial charge on any atom is 0.435 e. The first-order chi connectivity index (χ1) is 12.1. The van der Waals surface area contributed by atoms with Crippen molar-refractivity contribution in [3.05, 3.63) is 35.7 Å². The molecule has 1 aliphatic heterocycles. The van der Waals surface area contributed by atoms with Crippen molar-refractivity contribution in [2.75, 3.05) is 18.0 Å². The molecule has 3 heterocycles. The maximum atomic E-state index is 12.5. The van der Waals surface area contributed by atoms with Gasteiger partial charge >= 0.3 is 12.4 Å². The Morgan fingerprint density at radius 3 is 2.23 bits per heavy atom. The number of hydrogen-bond donors (Lipinski definition) is 1. The third-order valence-corrected chi connectivity index (χ3v) is 3.98. The molecule has 0 aromatic carbocycles. The lowest BCUT2D eigenvalue weighted by Crippen LogP contribution is -2.38. The van der Waals surface area contributed by atoms with E-state index in [2.05, 4.69) is 15.2 Å². The van der Waals surface area contributed by atoms with E-state index in [4.69, 9.17) is 4.74 Å². The molecule has 1 aliphatic rings. The molecule has 0 radical (unpaired) electrons. The van der Waals surface area contributed by atoms with Gasteiger partial charge in [-0.2, -0.15) is 31.4 Å². The summed E-state index contributed by atoms with van der Waals surface area (Å²) in [5, 5.41) is 5.35. The number of H-pyrrole nitrogens is 1. The number of aromatic nitrogens is 3. The van der Waals surface area contributed by atoms with Crippen LogP contribution in [0.4, 0.5) is 32.2 Å². The van der Waals surface area contributed by atoms with Crippen LogP contribution in [0.2, 0.25) is 0 Å². The molecule has 0 aliphatic carbocycles. The van der Waals surface area contributed by atoms with E-state index in [-0.39, 0.29) is 12.0 Å². The van der Waals surface area contributed by atoms with Gasteiger partial charge in [0.25, 0.3) is 0 Å². The Kier molecular flexibility index (Phi) is 4.72. The molecule has 0 bridgehead atoms. The standard InChI is InChI=1S/C15H14F6N4O/c16-14(17,18)9-1-2-12(22-8-9)25-5-3-10(4-6-25)26-13-7-11(23-24-13)15(19,20)21/h1-2,7-8,10H,3-6H2,(H,23,24). The number of piperidine rings is 1. The minimum atomic E-state index is -4.55. The first kappa shape index (κ1) is 18.3. The lowest BCUT2D eigenvalue weighted by atomic mass is 10.1. The van der Waals surface area contributed by atoms with Crippen LogP contribution in [-0.4, -0.2) is 34.4 Å². The van der Waals surface area contributed by atoms with Gasteiger partial charge in [0.15, 0.2) is 5.69 Å². The fourth-order valence-corrected chi connectivity index (χ4v) is 2.63. The van der Waals surface area contributed by atoms with Crippen molar-refractivity contribution in [3.8, 4) is 5.88 Å². The number of aromatic amines is 1. The number of hydrogen-bond acceptors (Lipinski definition) is 4. The van der Waals surface area contributed by atoms with E-state index in [1.807, 2.05) is 0 Å². The Hall–Kier alpha value is -2.46. The summed E-state index contributed by atoms with van der Waals surface area (Å²) in [4.78, 5) is 5.63. The highest BCUT2D eigenvalue weighted by Gasteiger charge is 2.35. The van der Waals surface area contributed by atoms with Crippen LogP contribution in [0.15, 0.2) is 24.4 Å². The van der Waals surface area contributed by atoms with Crippen molar-refractivity contribution >= 4 is 5.82 Å². The van der Waals surface area contributed by atoms with Crippen molar-refractivity contribution in [1.29, 1.82) is 0 Å². The second kappa shape index (κ2) is 6.69. The molecule has 1 N–H and O–H groups in total. The lowest BCUT2D eigenvalue weighted by Gasteiger charge is -2.32. The molecule has 0 atom stereocenters. The average Bonchev–Trinajstić information content (AvgIpc) is 3.04. The molecule has 0 unspecified atom stereocenters. The summed E-state index contributed by atoms with van der Waals surface area (Å²) in [6, 6.07) is 3.06. The summed E-state index contributed by atoms with van der Waals surface area (Å²) in [6.07, 6.45) is -7.54. The zero-order valence-electron chi connectivity index (χ0n) is 13.2. The third kappa shape index (κ3) is 4.20. The van der Waals surface area contributed by atoms with Crippen LogP contribution in [0, 0.1) is 0 Å². The Balaban J connectivity index is 1.55. The number of nitrogens with zero attached hydrogens (tertiary/aromatic N) is 3. The maximum absolute atomic E-state index is 12.5. The Morgan fingerprint density at radius 2 is 1.73 bits per heavy atom. The summed E-state index contributed by atoms with van der Waals surface area (Å²) in [5.74, 6) is 0.348. The first-order valence-corrected chi connectivity index (χ1v) is 7.70. The van der Waals surface area contributed by atoms with E-state index in [1.165, 1.54) is 6.07 Å². The lowest BCUT2D eigenvalue weighted by molar-refractivity contribution is -0.141. The van der Waals surface area contributed by atoms with Gasteiger partial charge in [-0.05, 0) is 12.1 Å². The molecular weight excluding hydrogens is 366 g/mol. The van der Waals surface area contributed by atoms with E-state index >= 15 is 0 Å². The second-order valence-corrected chi connectivity index (χ2v) is 5.82. The number of pyridine rings is 1. The van der Waals surface area contributed by atoms with Gasteiger partial charge in [0, 0.05) is 38.2 Å². The monoisotopic (exact) mass is 380 g/mol. The predicted molar refractivity (Wildman–Crippen MR) is 78.7 cm³/mol. The summed E-state index contributed by atoms with van der Waals surface area (Å²) in [7, 11) is 0. The van der Waals surface area contributed by atoms with Crippen LogP contribution in [0.3, 0.4) is 0 Å². The number of nitrogens with one attached hydrogen (secondary N) is 1. The van der Waals surface area contributed by atoms with E-state index in [0.29, 0.717) is 31.7 Å². The fraction of sp³-hybridized carbons (Fsp3) is 0.467. The van der Waals surface area contributed by atoms with E-state index in [1.54, 1.807) is 4.90 Å². The molecule has 26 heavy (non-hydrogen) atoms. The van der Waals surface area contributed by atoms with Crippen LogP contribution in [0.25, 0.3) is 0 Å². The van der Waals surface area contributed by atoms with Gasteiger partial charge in [0.2, 0.25) is 5.88 Å². The molecule has 2 aromatic heterocycles. The number of halogens is 6. The summed E-state index contributed by atoms with van der Waals surface area (Å²) in [5.41, 5.74) is -1.88. The molecule has 5 nitrogen and oxygen atoms in total. The van der Waals surface area contributed by atoms with E-state index in [0.717, 1.165) is 18.3 Å². The minimum Gasteiger partial charge on any atom is -0.475 e. The Bertz CT molecular complexity index is 732. The van der Waals surface area contributed by atoms with Gasteiger partial charge < -0.3 is 9.64 Å². The Morgan fingerprint density at radius 1 is 1.04 bits per heavy atom. The molecule has 2 aromatic rings. The number of rotatable bonds is 3. The minimum absolute atomic E-state index is 0.0663. The van der Waals surface area contributed by atoms with Gasteiger partial charge in [-0.15, -0.1) is 0 Å². The molecule has 0 saturated carbocycles. The number of alkyl halides is 6. The first-order valence-electron chi connectivity index (χ1n) is 7.70. The van der Waals surface area contributed by atoms with Gasteiger partial charge in [-0.25, -0.2) is 10.1 Å². The summed E-state index contributed by atoms with van der Waals surface area (Å²) >= 11 is 0. The molecule has 11 heteroatoms. The molecule has 1 saturated heterocycles. The quantitative estimate of drug-likeness (QED) is 0.821. The topological polar surface area (TPSA) is 54.0 Å². The molecule has 0 spiro atoms. The van der Waals surface area contributed by atoms with Crippen molar-refractivity contribution in [1.82, 2.24) is 15.2 Å². The highest BCUT2D eigenvalue weighted by Crippen LogP contribution is 2.31. The van der Waals surface area contributed by atoms with Crippen LogP contribution in [0.1, 0.15) is 24.1 Å². The largest absolute Gasteiger partial charge is 0.475 e. The highest BCUT2D eigenvalue weighted by molar-refractivity contribution is 5.40. The summed E-state index contributed by atoms with van der Waals surface area (Å²) in [6.45, 7) is 0.923. The third-order valence-electron chi connectivity index (χ3n) is 3.98. The van der Waals surface area contributed by atoms with Crippen molar-refractivity contribution in [2.24, 2.45) is 0 Å². The smallest absolute Gasteiger partial charge is 0.435 e. The molecule has 0 amide bonds. The number of ether oxygens (including phenoxy) is 1. The molecule has 142 valence electrons. The normalized spacial score (nSPS) is 16.8.